The largest absolute Gasteiger partial charge is 0.459 e. The smallest absolute Gasteiger partial charge is 0.289 e. The molecule has 0 unspecified atom stereocenters. The first kappa shape index (κ1) is 17.5. The van der Waals surface area contributed by atoms with Gasteiger partial charge in [0.25, 0.3) is 5.91 Å². The Morgan fingerprint density at radius 3 is 2.57 bits per heavy atom. The number of hydrogen-bond donors (Lipinski definition) is 1. The van der Waals surface area contributed by atoms with Gasteiger partial charge in [-0.05, 0) is 18.6 Å². The Bertz CT molecular complexity index is 641. The summed E-state index contributed by atoms with van der Waals surface area (Å²) in [5, 5.41) is 0. The van der Waals surface area contributed by atoms with Crippen molar-refractivity contribution < 1.29 is 22.4 Å². The van der Waals surface area contributed by atoms with Crippen molar-refractivity contribution in [2.45, 2.75) is 12.8 Å². The number of hydrogen-bond acceptors (Lipinski definition) is 5. The Morgan fingerprint density at radius 2 is 1.91 bits per heavy atom. The van der Waals surface area contributed by atoms with Crippen molar-refractivity contribution >= 4 is 21.8 Å². The van der Waals surface area contributed by atoms with E-state index in [2.05, 4.69) is 4.72 Å². The van der Waals surface area contributed by atoms with Crippen molar-refractivity contribution in [1.82, 2.24) is 14.5 Å². The molecule has 9 heteroatoms. The molecule has 2 rings (SSSR count). The van der Waals surface area contributed by atoms with Crippen LogP contribution in [-0.2, 0) is 14.8 Å². The molecule has 0 aromatic carbocycles. The third-order valence-electron chi connectivity index (χ3n) is 3.57. The number of carbonyl (C=O) groups excluding carboxylic acids is 2. The topological polar surface area (TPSA) is 99.9 Å². The van der Waals surface area contributed by atoms with E-state index in [-0.39, 0.29) is 24.8 Å². The zero-order valence-electron chi connectivity index (χ0n) is 13.0. The lowest BCUT2D eigenvalue weighted by Crippen LogP contribution is -2.38. The van der Waals surface area contributed by atoms with Crippen LogP contribution in [0, 0.1) is 0 Å². The molecule has 0 bridgehead atoms. The van der Waals surface area contributed by atoms with Crippen LogP contribution in [0.15, 0.2) is 22.8 Å². The lowest BCUT2D eigenvalue weighted by atomic mass is 10.3. The molecule has 0 spiro atoms. The number of furan rings is 1. The highest BCUT2D eigenvalue weighted by molar-refractivity contribution is 7.88. The van der Waals surface area contributed by atoms with Crippen LogP contribution >= 0.6 is 0 Å². The van der Waals surface area contributed by atoms with Crippen LogP contribution in [0.25, 0.3) is 0 Å². The minimum Gasteiger partial charge on any atom is -0.459 e. The van der Waals surface area contributed by atoms with E-state index in [0.717, 1.165) is 6.26 Å². The molecule has 0 aliphatic carbocycles. The Balaban J connectivity index is 1.83. The summed E-state index contributed by atoms with van der Waals surface area (Å²) in [6, 6.07) is 3.28. The maximum Gasteiger partial charge on any atom is 0.289 e. The third-order valence-corrected chi connectivity index (χ3v) is 4.30. The van der Waals surface area contributed by atoms with Crippen LogP contribution in [0.3, 0.4) is 0 Å². The zero-order valence-corrected chi connectivity index (χ0v) is 13.8. The van der Waals surface area contributed by atoms with Crippen LogP contribution in [-0.4, -0.2) is 69.0 Å². The summed E-state index contributed by atoms with van der Waals surface area (Å²) < 4.78 is 29.4. The number of sulfonamides is 1. The highest BCUT2D eigenvalue weighted by atomic mass is 32.2. The first-order valence-electron chi connectivity index (χ1n) is 7.42. The number of carbonyl (C=O) groups is 2. The van der Waals surface area contributed by atoms with E-state index < -0.39 is 10.0 Å². The van der Waals surface area contributed by atoms with Gasteiger partial charge in [0.15, 0.2) is 5.76 Å². The first-order chi connectivity index (χ1) is 10.9. The Morgan fingerprint density at radius 1 is 1.22 bits per heavy atom. The Hall–Kier alpha value is -1.87. The number of amides is 2. The maximum atomic E-state index is 12.2. The molecule has 2 heterocycles. The van der Waals surface area contributed by atoms with Gasteiger partial charge < -0.3 is 14.2 Å². The molecule has 1 N–H and O–H groups in total. The molecule has 0 atom stereocenters. The van der Waals surface area contributed by atoms with Crippen molar-refractivity contribution in [3.8, 4) is 0 Å². The van der Waals surface area contributed by atoms with E-state index >= 15 is 0 Å². The standard InChI is InChI=1S/C14H21N3O5S/c1-23(20,21)15-6-5-13(18)16-7-3-8-17(10-9-16)14(19)12-4-2-11-22-12/h2,4,11,15H,3,5-10H2,1H3. The molecular formula is C14H21N3O5S. The fourth-order valence-corrected chi connectivity index (χ4v) is 2.90. The van der Waals surface area contributed by atoms with Gasteiger partial charge in [-0.1, -0.05) is 0 Å². The summed E-state index contributed by atoms with van der Waals surface area (Å²) in [7, 11) is -3.29. The summed E-state index contributed by atoms with van der Waals surface area (Å²) >= 11 is 0. The van der Waals surface area contributed by atoms with Crippen LogP contribution in [0.2, 0.25) is 0 Å². The SMILES string of the molecule is CS(=O)(=O)NCCC(=O)N1CCCN(C(=O)c2ccco2)CC1. The van der Waals surface area contributed by atoms with E-state index in [1.165, 1.54) is 6.26 Å². The highest BCUT2D eigenvalue weighted by Gasteiger charge is 2.23. The van der Waals surface area contributed by atoms with Crippen molar-refractivity contribution in [2.24, 2.45) is 0 Å². The van der Waals surface area contributed by atoms with Crippen LogP contribution in [0.4, 0.5) is 0 Å². The van der Waals surface area contributed by atoms with Crippen LogP contribution in [0.5, 0.6) is 0 Å². The van der Waals surface area contributed by atoms with Crippen molar-refractivity contribution in [2.75, 3.05) is 39.0 Å². The van der Waals surface area contributed by atoms with Gasteiger partial charge in [0.1, 0.15) is 0 Å². The number of nitrogens with zero attached hydrogens (tertiary/aromatic N) is 2. The number of nitrogens with one attached hydrogen (secondary N) is 1. The molecule has 8 nitrogen and oxygen atoms in total. The van der Waals surface area contributed by atoms with Gasteiger partial charge >= 0.3 is 0 Å². The van der Waals surface area contributed by atoms with Crippen molar-refractivity contribution in [3.63, 3.8) is 0 Å². The second kappa shape index (κ2) is 7.60. The minimum absolute atomic E-state index is 0.0865. The van der Waals surface area contributed by atoms with Gasteiger partial charge in [0.2, 0.25) is 15.9 Å². The van der Waals surface area contributed by atoms with Gasteiger partial charge in [-0.3, -0.25) is 9.59 Å². The second-order valence-electron chi connectivity index (χ2n) is 5.42. The van der Waals surface area contributed by atoms with Gasteiger partial charge in [-0.2, -0.15) is 0 Å². The van der Waals surface area contributed by atoms with Crippen LogP contribution < -0.4 is 4.72 Å². The average Bonchev–Trinajstić information content (AvgIpc) is 2.89. The van der Waals surface area contributed by atoms with Gasteiger partial charge in [0.05, 0.1) is 12.5 Å². The van der Waals surface area contributed by atoms with Crippen LogP contribution in [0.1, 0.15) is 23.4 Å². The molecule has 0 saturated carbocycles. The molecule has 1 aromatic heterocycles. The van der Waals surface area contributed by atoms with Crippen molar-refractivity contribution in [3.05, 3.63) is 24.2 Å². The molecular weight excluding hydrogens is 322 g/mol. The second-order valence-corrected chi connectivity index (χ2v) is 7.25. The first-order valence-corrected chi connectivity index (χ1v) is 9.31. The summed E-state index contributed by atoms with van der Waals surface area (Å²) in [6.07, 6.45) is 3.30. The van der Waals surface area contributed by atoms with E-state index in [0.29, 0.717) is 38.4 Å². The Kier molecular flexibility index (Phi) is 5.78. The summed E-state index contributed by atoms with van der Waals surface area (Å²) in [5.74, 6) is -0.00128. The van der Waals surface area contributed by atoms with E-state index in [1.807, 2.05) is 0 Å². The predicted octanol–water partition coefficient (Wildman–Crippen LogP) is -0.107. The highest BCUT2D eigenvalue weighted by Crippen LogP contribution is 2.10. The van der Waals surface area contributed by atoms with E-state index in [9.17, 15) is 18.0 Å². The lowest BCUT2D eigenvalue weighted by Gasteiger charge is -2.21. The molecule has 1 aromatic rings. The van der Waals surface area contributed by atoms with E-state index in [4.69, 9.17) is 4.42 Å². The molecule has 0 radical (unpaired) electrons. The maximum absolute atomic E-state index is 12.2. The minimum atomic E-state index is -3.29. The summed E-state index contributed by atoms with van der Waals surface area (Å²) in [4.78, 5) is 27.7. The third kappa shape index (κ3) is 5.36. The molecule has 1 fully saturated rings. The van der Waals surface area contributed by atoms with Gasteiger partial charge in [-0.25, -0.2) is 13.1 Å². The Labute approximate surface area is 135 Å². The van der Waals surface area contributed by atoms with Crippen molar-refractivity contribution in [1.29, 1.82) is 0 Å². The summed E-state index contributed by atoms with van der Waals surface area (Å²) in [5.41, 5.74) is 0. The van der Waals surface area contributed by atoms with E-state index in [1.54, 1.807) is 21.9 Å². The fourth-order valence-electron chi connectivity index (χ4n) is 2.43. The van der Waals surface area contributed by atoms with Gasteiger partial charge in [0, 0.05) is 39.1 Å². The lowest BCUT2D eigenvalue weighted by molar-refractivity contribution is -0.130. The molecule has 23 heavy (non-hydrogen) atoms. The molecule has 1 saturated heterocycles. The monoisotopic (exact) mass is 343 g/mol. The fraction of sp³-hybridized carbons (Fsp3) is 0.571. The zero-order chi connectivity index (χ0) is 16.9. The number of rotatable bonds is 5. The van der Waals surface area contributed by atoms with Gasteiger partial charge in [-0.15, -0.1) is 0 Å². The molecule has 128 valence electrons. The predicted molar refractivity (Wildman–Crippen MR) is 83.3 cm³/mol. The molecule has 2 amide bonds. The normalized spacial score (nSPS) is 16.2. The quantitative estimate of drug-likeness (QED) is 0.804. The average molecular weight is 343 g/mol. The molecule has 1 aliphatic rings. The summed E-state index contributed by atoms with van der Waals surface area (Å²) in [6.45, 7) is 2.07. The molecule has 1 aliphatic heterocycles.